The molecule has 0 bridgehead atoms. The van der Waals surface area contributed by atoms with E-state index < -0.39 is 36.3 Å². The highest BCUT2D eigenvalue weighted by Crippen LogP contribution is 2.36. The fourth-order valence-electron chi connectivity index (χ4n) is 2.08. The van der Waals surface area contributed by atoms with Crippen molar-refractivity contribution in [1.29, 1.82) is 0 Å². The number of hydrogen-bond acceptors (Lipinski definition) is 1. The van der Waals surface area contributed by atoms with E-state index in [1.165, 1.54) is 0 Å². The van der Waals surface area contributed by atoms with Gasteiger partial charge in [-0.3, -0.25) is 0 Å². The molecule has 0 fully saturated rings. The van der Waals surface area contributed by atoms with Crippen LogP contribution in [0.4, 0.5) is 5.69 Å². The van der Waals surface area contributed by atoms with Gasteiger partial charge in [-0.25, -0.2) is 0 Å². The molecule has 0 atom stereocenters. The molecule has 4 aromatic rings. The van der Waals surface area contributed by atoms with Crippen molar-refractivity contribution in [1.82, 2.24) is 0 Å². The minimum absolute atomic E-state index is 0.00790. The van der Waals surface area contributed by atoms with Crippen molar-refractivity contribution in [2.45, 2.75) is 0 Å². The van der Waals surface area contributed by atoms with Gasteiger partial charge in [0.25, 0.3) is 0 Å². The Morgan fingerprint density at radius 2 is 1.29 bits per heavy atom. The smallest absolute Gasteiger partial charge is 0.0645 e. The predicted octanol–water partition coefficient (Wildman–Crippen LogP) is 4.17. The maximum Gasteiger partial charge on any atom is 0.0645 e. The van der Waals surface area contributed by atoms with Gasteiger partial charge in [0.15, 0.2) is 0 Å². The van der Waals surface area contributed by atoms with Crippen molar-refractivity contribution >= 4 is 38.0 Å². The van der Waals surface area contributed by atoms with Gasteiger partial charge in [-0.05, 0) is 33.0 Å². The lowest BCUT2D eigenvalue weighted by molar-refractivity contribution is 1.76. The average molecular weight is 226 g/mol. The van der Waals surface area contributed by atoms with Crippen LogP contribution >= 0.6 is 0 Å². The lowest BCUT2D eigenvalue weighted by Crippen LogP contribution is -1.89. The van der Waals surface area contributed by atoms with E-state index in [2.05, 4.69) is 0 Å². The first-order chi connectivity index (χ1) is 12.1. The topological polar surface area (TPSA) is 26.0 Å². The molecule has 4 rings (SSSR count). The third-order valence-electron chi connectivity index (χ3n) is 2.84. The molecule has 4 aromatic carbocycles. The van der Waals surface area contributed by atoms with E-state index >= 15 is 0 Å². The van der Waals surface area contributed by atoms with Crippen molar-refractivity contribution in [3.8, 4) is 0 Å². The number of hydrogen-bond donors (Lipinski definition) is 1. The van der Waals surface area contributed by atoms with Crippen molar-refractivity contribution in [3.05, 3.63) is 54.4 Å². The normalized spacial score (nSPS) is 19.2. The summed E-state index contributed by atoms with van der Waals surface area (Å²) in [6, 6.07) is -3.64. The number of anilines is 1. The molecule has 0 saturated carbocycles. The Bertz CT molecular complexity index is 1090. The quantitative estimate of drug-likeness (QED) is 0.353. The lowest BCUT2D eigenvalue weighted by Gasteiger charge is -2.11. The van der Waals surface area contributed by atoms with Crippen molar-refractivity contribution < 1.29 is 12.3 Å². The second-order valence-corrected chi connectivity index (χ2v) is 3.79. The summed E-state index contributed by atoms with van der Waals surface area (Å²) in [6.07, 6.45) is 0. The van der Waals surface area contributed by atoms with Crippen LogP contribution in [0.1, 0.15) is 12.3 Å². The van der Waals surface area contributed by atoms with Gasteiger partial charge in [-0.1, -0.05) is 48.3 Å². The Morgan fingerprint density at radius 3 is 2.06 bits per heavy atom. The predicted molar refractivity (Wildman–Crippen MR) is 74.6 cm³/mol. The summed E-state index contributed by atoms with van der Waals surface area (Å²) in [6.45, 7) is 0. The van der Waals surface area contributed by atoms with E-state index in [-0.39, 0.29) is 56.1 Å². The molecule has 17 heavy (non-hydrogen) atoms. The van der Waals surface area contributed by atoms with Crippen LogP contribution < -0.4 is 5.73 Å². The maximum absolute atomic E-state index is 8.28. The highest BCUT2D eigenvalue weighted by Gasteiger charge is 2.08. The van der Waals surface area contributed by atoms with E-state index in [0.717, 1.165) is 0 Å². The molecule has 0 amide bonds. The van der Waals surface area contributed by atoms with Crippen molar-refractivity contribution in [2.24, 2.45) is 0 Å². The maximum atomic E-state index is 8.28. The minimum Gasteiger partial charge on any atom is -0.398 e. The molecule has 0 saturated heterocycles. The minimum atomic E-state index is -0.489. The van der Waals surface area contributed by atoms with Gasteiger partial charge in [0.2, 0.25) is 0 Å². The van der Waals surface area contributed by atoms with Crippen LogP contribution in [-0.4, -0.2) is 0 Å². The molecular formula is C16H11N. The van der Waals surface area contributed by atoms with Gasteiger partial charge in [-0.2, -0.15) is 0 Å². The summed E-state index contributed by atoms with van der Waals surface area (Å²) in [5.74, 6) is 0. The fourth-order valence-corrected chi connectivity index (χ4v) is 2.08. The van der Waals surface area contributed by atoms with Crippen LogP contribution in [0.15, 0.2) is 54.4 Å². The van der Waals surface area contributed by atoms with Crippen LogP contribution in [-0.2, 0) is 0 Å². The first kappa shape index (κ1) is 3.88. The van der Waals surface area contributed by atoms with E-state index in [9.17, 15) is 0 Å². The molecule has 1 heteroatoms. The van der Waals surface area contributed by atoms with Gasteiger partial charge in [0.05, 0.1) is 12.3 Å². The third-order valence-corrected chi connectivity index (χ3v) is 2.84. The zero-order valence-corrected chi connectivity index (χ0v) is 8.58. The van der Waals surface area contributed by atoms with E-state index in [1.807, 2.05) is 0 Å². The Balaban J connectivity index is 2.63. The first-order valence-corrected chi connectivity index (χ1v) is 5.04. The van der Waals surface area contributed by atoms with E-state index in [4.69, 9.17) is 18.1 Å². The summed E-state index contributed by atoms with van der Waals surface area (Å²) < 4.78 is 73.5. The highest BCUT2D eigenvalue weighted by atomic mass is 14.5. The molecule has 1 nitrogen and oxygen atoms in total. The molecule has 0 unspecified atom stereocenters. The SMILES string of the molecule is [2H]c1c([2H])c2c([2H])c([2H])c3c([2H])c([2H])c(N)c4c([2H])c([2H])c(c1[2H])c2c34. The second-order valence-electron chi connectivity index (χ2n) is 3.79. The van der Waals surface area contributed by atoms with Crippen LogP contribution in [0.3, 0.4) is 0 Å². The Morgan fingerprint density at radius 1 is 0.706 bits per heavy atom. The Labute approximate surface area is 111 Å². The molecule has 0 heterocycles. The van der Waals surface area contributed by atoms with Gasteiger partial charge in [-0.15, -0.1) is 0 Å². The number of benzene rings is 4. The average Bonchev–Trinajstić information content (AvgIpc) is 2.60. The van der Waals surface area contributed by atoms with E-state index in [0.29, 0.717) is 0 Å². The molecule has 0 aliphatic heterocycles. The zero-order chi connectivity index (χ0) is 19.2. The molecule has 0 aliphatic carbocycles. The van der Waals surface area contributed by atoms with Crippen LogP contribution in [0.25, 0.3) is 32.3 Å². The lowest BCUT2D eigenvalue weighted by atomic mass is 9.94. The summed E-state index contributed by atoms with van der Waals surface area (Å²) >= 11 is 0. The molecular weight excluding hydrogens is 206 g/mol. The third kappa shape index (κ3) is 1.03. The molecule has 0 radical (unpaired) electrons. The molecule has 80 valence electrons. The number of nitrogens with two attached hydrogens (primary N) is 1. The first-order valence-electron chi connectivity index (χ1n) is 9.54. The zero-order valence-electron chi connectivity index (χ0n) is 17.6. The van der Waals surface area contributed by atoms with Crippen molar-refractivity contribution in [3.63, 3.8) is 0 Å². The fraction of sp³-hybridized carbons (Fsp3) is 0. The molecule has 2 N–H and O–H groups in total. The van der Waals surface area contributed by atoms with Crippen molar-refractivity contribution in [2.75, 3.05) is 5.73 Å². The van der Waals surface area contributed by atoms with Gasteiger partial charge < -0.3 is 5.73 Å². The highest BCUT2D eigenvalue weighted by molar-refractivity contribution is 6.24. The largest absolute Gasteiger partial charge is 0.398 e. The Hall–Kier alpha value is -2.28. The van der Waals surface area contributed by atoms with Crippen LogP contribution in [0.5, 0.6) is 0 Å². The summed E-state index contributed by atoms with van der Waals surface area (Å²) in [4.78, 5) is 0. The summed E-state index contributed by atoms with van der Waals surface area (Å²) in [7, 11) is 0. The summed E-state index contributed by atoms with van der Waals surface area (Å²) in [5.41, 5.74) is 5.76. The van der Waals surface area contributed by atoms with Gasteiger partial charge >= 0.3 is 0 Å². The number of nitrogen functional groups attached to an aromatic ring is 1. The van der Waals surface area contributed by atoms with Crippen LogP contribution in [0.2, 0.25) is 0 Å². The summed E-state index contributed by atoms with van der Waals surface area (Å²) in [5, 5.41) is 0.0445. The Kier molecular flexibility index (Phi) is 0.660. The second kappa shape index (κ2) is 2.89. The standard InChI is InChI=1S/C16H11N/c17-14-9-7-12-5-4-10-2-1-3-11-6-8-13(14)16(12)15(10)11/h1-9H,17H2/i1D,2D,3D,4D,5D,6D,7D,8D,9D. The van der Waals surface area contributed by atoms with Crippen LogP contribution in [0, 0.1) is 0 Å². The van der Waals surface area contributed by atoms with Gasteiger partial charge in [0.1, 0.15) is 0 Å². The molecule has 0 aromatic heterocycles. The molecule has 0 aliphatic rings. The number of rotatable bonds is 0. The molecule has 0 spiro atoms. The monoisotopic (exact) mass is 226 g/mol. The van der Waals surface area contributed by atoms with E-state index in [1.54, 1.807) is 0 Å². The van der Waals surface area contributed by atoms with Gasteiger partial charge in [0, 0.05) is 11.1 Å².